The Kier molecular flexibility index (Phi) is 2.10. The van der Waals surface area contributed by atoms with E-state index >= 15 is 0 Å². The zero-order valence-electron chi connectivity index (χ0n) is 10.3. The molecule has 0 bridgehead atoms. The van der Waals surface area contributed by atoms with E-state index in [0.717, 1.165) is 30.7 Å². The summed E-state index contributed by atoms with van der Waals surface area (Å²) in [6.07, 6.45) is -0.944. The summed E-state index contributed by atoms with van der Waals surface area (Å²) in [5.74, 6) is 0.398. The standard InChI is InChI=1S/C14H14F3NO/c15-14(16,17)8-1-2-9-10(5-8)19-11-6-13(3-4-13)7-18-12(9)11/h1-2,5,11-12,18H,3-4,6-7H2/t11-,12-/m0/s1. The van der Waals surface area contributed by atoms with Crippen molar-refractivity contribution >= 4 is 0 Å². The van der Waals surface area contributed by atoms with Gasteiger partial charge in [-0.25, -0.2) is 0 Å². The number of ether oxygens (including phenoxy) is 1. The van der Waals surface area contributed by atoms with Crippen molar-refractivity contribution in [3.63, 3.8) is 0 Å². The highest BCUT2D eigenvalue weighted by Crippen LogP contribution is 2.55. The minimum Gasteiger partial charge on any atom is -0.488 e. The smallest absolute Gasteiger partial charge is 0.416 e. The molecule has 102 valence electrons. The van der Waals surface area contributed by atoms with Gasteiger partial charge in [0.1, 0.15) is 11.9 Å². The summed E-state index contributed by atoms with van der Waals surface area (Å²) in [5.41, 5.74) is 0.593. The Hall–Kier alpha value is -1.23. The van der Waals surface area contributed by atoms with Crippen LogP contribution in [0.15, 0.2) is 18.2 Å². The third kappa shape index (κ3) is 1.75. The van der Waals surface area contributed by atoms with E-state index in [-0.39, 0.29) is 12.1 Å². The normalized spacial score (nSPS) is 30.7. The third-order valence-electron chi connectivity index (χ3n) is 4.61. The Morgan fingerprint density at radius 1 is 1.26 bits per heavy atom. The lowest BCUT2D eigenvalue weighted by Gasteiger charge is -2.32. The zero-order valence-corrected chi connectivity index (χ0v) is 10.3. The van der Waals surface area contributed by atoms with Gasteiger partial charge in [-0.05, 0) is 36.8 Å². The summed E-state index contributed by atoms with van der Waals surface area (Å²) in [7, 11) is 0. The average molecular weight is 269 g/mol. The summed E-state index contributed by atoms with van der Waals surface area (Å²) >= 11 is 0. The fraction of sp³-hybridized carbons (Fsp3) is 0.571. The van der Waals surface area contributed by atoms with Gasteiger partial charge in [0.25, 0.3) is 0 Å². The van der Waals surface area contributed by atoms with Crippen LogP contribution in [0, 0.1) is 5.41 Å². The predicted molar refractivity (Wildman–Crippen MR) is 62.9 cm³/mol. The molecule has 3 aliphatic rings. The second-order valence-corrected chi connectivity index (χ2v) is 5.97. The summed E-state index contributed by atoms with van der Waals surface area (Å²) in [6, 6.07) is 3.90. The highest BCUT2D eigenvalue weighted by molar-refractivity contribution is 5.45. The topological polar surface area (TPSA) is 21.3 Å². The van der Waals surface area contributed by atoms with Crippen molar-refractivity contribution in [1.82, 2.24) is 5.32 Å². The Morgan fingerprint density at radius 2 is 2.05 bits per heavy atom. The first-order chi connectivity index (χ1) is 8.97. The van der Waals surface area contributed by atoms with Crippen molar-refractivity contribution < 1.29 is 17.9 Å². The number of hydrogen-bond acceptors (Lipinski definition) is 2. The van der Waals surface area contributed by atoms with Gasteiger partial charge in [-0.3, -0.25) is 0 Å². The van der Waals surface area contributed by atoms with Crippen molar-refractivity contribution in [3.05, 3.63) is 29.3 Å². The van der Waals surface area contributed by atoms with Gasteiger partial charge in [-0.2, -0.15) is 13.2 Å². The summed E-state index contributed by atoms with van der Waals surface area (Å²) in [6.45, 7) is 0.956. The largest absolute Gasteiger partial charge is 0.488 e. The van der Waals surface area contributed by atoms with E-state index in [1.807, 2.05) is 0 Å². The zero-order chi connectivity index (χ0) is 13.3. The maximum Gasteiger partial charge on any atom is 0.416 e. The van der Waals surface area contributed by atoms with Gasteiger partial charge < -0.3 is 10.1 Å². The maximum absolute atomic E-state index is 12.7. The fourth-order valence-corrected chi connectivity index (χ4v) is 3.29. The molecule has 1 saturated heterocycles. The van der Waals surface area contributed by atoms with E-state index in [9.17, 15) is 13.2 Å². The number of fused-ring (bicyclic) bond motifs is 3. The van der Waals surface area contributed by atoms with E-state index in [1.165, 1.54) is 12.8 Å². The number of piperidine rings is 1. The van der Waals surface area contributed by atoms with Crippen LogP contribution in [0.3, 0.4) is 0 Å². The van der Waals surface area contributed by atoms with Gasteiger partial charge >= 0.3 is 6.18 Å². The van der Waals surface area contributed by atoms with Gasteiger partial charge in [-0.15, -0.1) is 0 Å². The molecule has 0 unspecified atom stereocenters. The Balaban J connectivity index is 1.66. The van der Waals surface area contributed by atoms with Crippen LogP contribution in [0.2, 0.25) is 0 Å². The van der Waals surface area contributed by atoms with Crippen LogP contribution in [0.25, 0.3) is 0 Å². The van der Waals surface area contributed by atoms with E-state index in [0.29, 0.717) is 11.2 Å². The molecule has 5 heteroatoms. The Morgan fingerprint density at radius 3 is 2.74 bits per heavy atom. The molecule has 1 spiro atoms. The number of rotatable bonds is 0. The Bertz CT molecular complexity index is 536. The molecule has 2 heterocycles. The number of alkyl halides is 3. The van der Waals surface area contributed by atoms with E-state index in [4.69, 9.17) is 4.74 Å². The molecular weight excluding hydrogens is 255 g/mol. The molecule has 1 N–H and O–H groups in total. The molecule has 1 saturated carbocycles. The molecule has 2 fully saturated rings. The van der Waals surface area contributed by atoms with Gasteiger partial charge in [0.15, 0.2) is 0 Å². The monoisotopic (exact) mass is 269 g/mol. The van der Waals surface area contributed by atoms with Crippen LogP contribution < -0.4 is 10.1 Å². The molecule has 0 amide bonds. The van der Waals surface area contributed by atoms with Gasteiger partial charge in [-0.1, -0.05) is 6.07 Å². The van der Waals surface area contributed by atoms with E-state index in [2.05, 4.69) is 5.32 Å². The second kappa shape index (κ2) is 3.45. The first-order valence-corrected chi connectivity index (χ1v) is 6.58. The highest BCUT2D eigenvalue weighted by Gasteiger charge is 2.52. The van der Waals surface area contributed by atoms with Crippen LogP contribution in [0.1, 0.15) is 36.4 Å². The van der Waals surface area contributed by atoms with Gasteiger partial charge in [0.2, 0.25) is 0 Å². The molecule has 1 aromatic carbocycles. The quantitative estimate of drug-likeness (QED) is 0.780. The second-order valence-electron chi connectivity index (χ2n) is 5.97. The van der Waals surface area contributed by atoms with Crippen LogP contribution in [0.4, 0.5) is 13.2 Å². The molecule has 0 radical (unpaired) electrons. The first kappa shape index (κ1) is 11.6. The summed E-state index contributed by atoms with van der Waals surface area (Å²) in [5, 5.41) is 3.44. The molecular formula is C14H14F3NO. The third-order valence-corrected chi connectivity index (χ3v) is 4.61. The lowest BCUT2D eigenvalue weighted by molar-refractivity contribution is -0.137. The highest BCUT2D eigenvalue weighted by atomic mass is 19.4. The van der Waals surface area contributed by atoms with Crippen molar-refractivity contribution in [2.24, 2.45) is 5.41 Å². The molecule has 1 aliphatic carbocycles. The van der Waals surface area contributed by atoms with Crippen molar-refractivity contribution in [2.45, 2.75) is 37.6 Å². The molecule has 4 rings (SSSR count). The minimum atomic E-state index is -4.31. The van der Waals surface area contributed by atoms with Gasteiger partial charge in [0, 0.05) is 12.1 Å². The van der Waals surface area contributed by atoms with E-state index < -0.39 is 11.7 Å². The van der Waals surface area contributed by atoms with Crippen LogP contribution >= 0.6 is 0 Å². The molecule has 2 aliphatic heterocycles. The SMILES string of the molecule is FC(F)(F)c1ccc2c(c1)O[C@H]1CC3(CC3)CN[C@@H]21. The number of nitrogens with one attached hydrogen (secondary N) is 1. The number of halogens is 3. The lowest BCUT2D eigenvalue weighted by atomic mass is 9.87. The first-order valence-electron chi connectivity index (χ1n) is 6.58. The molecule has 0 aromatic heterocycles. The van der Waals surface area contributed by atoms with Crippen molar-refractivity contribution in [2.75, 3.05) is 6.54 Å². The average Bonchev–Trinajstić information content (AvgIpc) is 2.99. The molecule has 19 heavy (non-hydrogen) atoms. The Labute approximate surface area is 108 Å². The van der Waals surface area contributed by atoms with Crippen molar-refractivity contribution in [3.8, 4) is 5.75 Å². The van der Waals surface area contributed by atoms with Crippen molar-refractivity contribution in [1.29, 1.82) is 0 Å². The fourth-order valence-electron chi connectivity index (χ4n) is 3.29. The van der Waals surface area contributed by atoms with E-state index in [1.54, 1.807) is 6.07 Å². The van der Waals surface area contributed by atoms with Crippen LogP contribution in [-0.2, 0) is 6.18 Å². The number of benzene rings is 1. The molecule has 2 atom stereocenters. The molecule has 1 aromatic rings. The van der Waals surface area contributed by atoms with Gasteiger partial charge in [0.05, 0.1) is 11.6 Å². The lowest BCUT2D eigenvalue weighted by Crippen LogP contribution is -2.42. The predicted octanol–water partition coefficient (Wildman–Crippen LogP) is 3.28. The minimum absolute atomic E-state index is 0.00488. The van der Waals surface area contributed by atoms with Crippen LogP contribution in [-0.4, -0.2) is 12.6 Å². The summed E-state index contributed by atoms with van der Waals surface area (Å²) in [4.78, 5) is 0. The molecule has 2 nitrogen and oxygen atoms in total. The van der Waals surface area contributed by atoms with Crippen LogP contribution in [0.5, 0.6) is 5.75 Å². The summed E-state index contributed by atoms with van der Waals surface area (Å²) < 4.78 is 43.8. The number of hydrogen-bond donors (Lipinski definition) is 1. The maximum atomic E-state index is 12.7.